The minimum atomic E-state index is 0.565. The summed E-state index contributed by atoms with van der Waals surface area (Å²) >= 11 is 6.14. The van der Waals surface area contributed by atoms with Crippen LogP contribution in [0.3, 0.4) is 0 Å². The first-order valence-electron chi connectivity index (χ1n) is 12.2. The van der Waals surface area contributed by atoms with Crippen molar-refractivity contribution in [1.29, 1.82) is 0 Å². The maximum atomic E-state index is 6.14. The number of nitrogens with one attached hydrogen (secondary N) is 1. The van der Waals surface area contributed by atoms with Gasteiger partial charge < -0.3 is 10.2 Å². The van der Waals surface area contributed by atoms with Crippen molar-refractivity contribution in [2.45, 2.75) is 71.8 Å². The van der Waals surface area contributed by atoms with Crippen LogP contribution in [0.4, 0.5) is 0 Å². The summed E-state index contributed by atoms with van der Waals surface area (Å²) in [6.45, 7) is 22.1. The normalized spacial score (nSPS) is 22.2. The van der Waals surface area contributed by atoms with Crippen LogP contribution in [-0.4, -0.2) is 30.6 Å². The Labute approximate surface area is 196 Å². The quantitative estimate of drug-likeness (QED) is 0.441. The lowest BCUT2D eigenvalue weighted by molar-refractivity contribution is 0.180. The Morgan fingerprint density at radius 1 is 1.10 bits per heavy atom. The fraction of sp³-hybridized carbons (Fsp3) is 0.571. The van der Waals surface area contributed by atoms with Crippen molar-refractivity contribution in [3.8, 4) is 0 Å². The second kappa shape index (κ2) is 13.1. The maximum absolute atomic E-state index is 6.14. The number of allylic oxidation sites excluding steroid dienone is 2. The van der Waals surface area contributed by atoms with Gasteiger partial charge in [0.1, 0.15) is 0 Å². The number of piperidine rings is 1. The molecule has 2 aliphatic rings. The van der Waals surface area contributed by atoms with Crippen LogP contribution in [0.25, 0.3) is 11.6 Å². The summed E-state index contributed by atoms with van der Waals surface area (Å²) in [6.07, 6.45) is 11.0. The largest absolute Gasteiger partial charge is 0.386 e. The van der Waals surface area contributed by atoms with Gasteiger partial charge in [-0.1, -0.05) is 57.3 Å². The molecule has 1 heterocycles. The topological polar surface area (TPSA) is 15.3 Å². The monoisotopic (exact) mass is 442 g/mol. The van der Waals surface area contributed by atoms with Crippen molar-refractivity contribution in [1.82, 2.24) is 10.2 Å². The van der Waals surface area contributed by atoms with Gasteiger partial charge in [0.05, 0.1) is 0 Å². The summed E-state index contributed by atoms with van der Waals surface area (Å²) in [5.41, 5.74) is 4.67. The summed E-state index contributed by atoms with van der Waals surface area (Å²) in [6, 6.07) is 6.71. The molecule has 0 amide bonds. The predicted octanol–water partition coefficient (Wildman–Crippen LogP) is 7.81. The molecule has 172 valence electrons. The highest BCUT2D eigenvalue weighted by Crippen LogP contribution is 2.34. The molecule has 0 spiro atoms. The number of nitrogens with zero attached hydrogens (tertiary/aromatic N) is 1. The average molecular weight is 443 g/mol. The SMILES string of the molecule is C=Cc1cc(Cl)ccc1C(=C)C1CCN(CCC2CCC(NC(=C)C)CC2)CC1.CC. The molecule has 1 aliphatic heterocycles. The molecule has 2 fully saturated rings. The van der Waals surface area contributed by atoms with Gasteiger partial charge in [0.2, 0.25) is 0 Å². The number of rotatable bonds is 8. The van der Waals surface area contributed by atoms with Gasteiger partial charge in [0.25, 0.3) is 0 Å². The highest BCUT2D eigenvalue weighted by Gasteiger charge is 2.25. The Bertz CT molecular complexity index is 723. The van der Waals surface area contributed by atoms with Crippen LogP contribution in [0.2, 0.25) is 5.02 Å². The molecule has 0 bridgehead atoms. The molecule has 3 rings (SSSR count). The van der Waals surface area contributed by atoms with Gasteiger partial charge in [0.15, 0.2) is 0 Å². The van der Waals surface area contributed by atoms with Crippen LogP contribution >= 0.6 is 11.6 Å². The maximum Gasteiger partial charge on any atom is 0.0412 e. The summed E-state index contributed by atoms with van der Waals surface area (Å²) in [7, 11) is 0. The van der Waals surface area contributed by atoms with Crippen molar-refractivity contribution in [3.05, 3.63) is 59.8 Å². The van der Waals surface area contributed by atoms with E-state index in [1.165, 1.54) is 75.7 Å². The van der Waals surface area contributed by atoms with E-state index in [1.807, 2.05) is 32.1 Å². The van der Waals surface area contributed by atoms with Gasteiger partial charge in [-0.15, -0.1) is 0 Å². The van der Waals surface area contributed by atoms with E-state index < -0.39 is 0 Å². The summed E-state index contributed by atoms with van der Waals surface area (Å²) in [5.74, 6) is 1.46. The van der Waals surface area contributed by atoms with Gasteiger partial charge in [-0.2, -0.15) is 0 Å². The number of benzene rings is 1. The van der Waals surface area contributed by atoms with Crippen LogP contribution in [0.15, 0.2) is 43.6 Å². The van der Waals surface area contributed by atoms with Crippen molar-refractivity contribution >= 4 is 23.3 Å². The van der Waals surface area contributed by atoms with Gasteiger partial charge in [-0.25, -0.2) is 0 Å². The van der Waals surface area contributed by atoms with Crippen LogP contribution in [0.5, 0.6) is 0 Å². The first-order chi connectivity index (χ1) is 15.0. The third-order valence-electron chi connectivity index (χ3n) is 6.81. The van der Waals surface area contributed by atoms with E-state index in [-0.39, 0.29) is 0 Å². The van der Waals surface area contributed by atoms with Gasteiger partial charge in [0, 0.05) is 16.8 Å². The van der Waals surface area contributed by atoms with Crippen LogP contribution in [-0.2, 0) is 0 Å². The molecule has 0 aromatic heterocycles. The standard InChI is InChI=1S/C26H37ClN2.C2H6/c1-5-22-18-24(27)8-11-26(22)20(4)23-13-16-29(17-14-23)15-12-21-6-9-25(10-7-21)28-19(2)3;1-2/h5,8,11,18,21,23,25,28H,1-2,4,6-7,9-10,12-17H2,3H3;1-2H3. The predicted molar refractivity (Wildman–Crippen MR) is 139 cm³/mol. The van der Waals surface area contributed by atoms with Crippen molar-refractivity contribution < 1.29 is 0 Å². The highest BCUT2D eigenvalue weighted by atomic mass is 35.5. The Hall–Kier alpha value is -1.51. The molecule has 31 heavy (non-hydrogen) atoms. The molecular weight excluding hydrogens is 400 g/mol. The molecule has 3 heteroatoms. The Kier molecular flexibility index (Phi) is 10.9. The zero-order chi connectivity index (χ0) is 22.8. The molecule has 2 nitrogen and oxygen atoms in total. The van der Waals surface area contributed by atoms with Crippen LogP contribution < -0.4 is 5.32 Å². The molecule has 0 radical (unpaired) electrons. The van der Waals surface area contributed by atoms with E-state index in [2.05, 4.69) is 42.9 Å². The smallest absolute Gasteiger partial charge is 0.0412 e. The molecule has 1 saturated carbocycles. The minimum Gasteiger partial charge on any atom is -0.386 e. The van der Waals surface area contributed by atoms with E-state index in [0.717, 1.165) is 22.2 Å². The van der Waals surface area contributed by atoms with E-state index in [1.54, 1.807) is 0 Å². The lowest BCUT2D eigenvalue weighted by Crippen LogP contribution is -2.36. The van der Waals surface area contributed by atoms with Gasteiger partial charge >= 0.3 is 0 Å². The van der Waals surface area contributed by atoms with Crippen molar-refractivity contribution in [2.75, 3.05) is 19.6 Å². The number of hydrogen-bond donors (Lipinski definition) is 1. The zero-order valence-corrected chi connectivity index (χ0v) is 20.8. The molecule has 1 aliphatic carbocycles. The van der Waals surface area contributed by atoms with Gasteiger partial charge in [-0.05, 0) is 112 Å². The number of halogens is 1. The number of hydrogen-bond acceptors (Lipinski definition) is 2. The van der Waals surface area contributed by atoms with E-state index in [0.29, 0.717) is 12.0 Å². The highest BCUT2D eigenvalue weighted by molar-refractivity contribution is 6.30. The summed E-state index contributed by atoms with van der Waals surface area (Å²) in [4.78, 5) is 2.66. The number of likely N-dealkylation sites (tertiary alicyclic amines) is 1. The lowest BCUT2D eigenvalue weighted by Gasteiger charge is -2.35. The second-order valence-corrected chi connectivity index (χ2v) is 9.44. The fourth-order valence-corrected chi connectivity index (χ4v) is 5.21. The van der Waals surface area contributed by atoms with E-state index in [9.17, 15) is 0 Å². The third kappa shape index (κ3) is 7.84. The Morgan fingerprint density at radius 2 is 1.74 bits per heavy atom. The van der Waals surface area contributed by atoms with Crippen LogP contribution in [0, 0.1) is 11.8 Å². The van der Waals surface area contributed by atoms with Gasteiger partial charge in [-0.3, -0.25) is 0 Å². The van der Waals surface area contributed by atoms with Crippen molar-refractivity contribution in [2.24, 2.45) is 11.8 Å². The first-order valence-corrected chi connectivity index (χ1v) is 12.6. The fourth-order valence-electron chi connectivity index (χ4n) is 5.03. The zero-order valence-electron chi connectivity index (χ0n) is 20.1. The van der Waals surface area contributed by atoms with Crippen molar-refractivity contribution in [3.63, 3.8) is 0 Å². The molecule has 1 N–H and O–H groups in total. The molecule has 1 saturated heterocycles. The summed E-state index contributed by atoms with van der Waals surface area (Å²) < 4.78 is 0. The average Bonchev–Trinajstić information content (AvgIpc) is 2.79. The lowest BCUT2D eigenvalue weighted by atomic mass is 9.83. The van der Waals surface area contributed by atoms with Crippen LogP contribution in [0.1, 0.15) is 76.8 Å². The minimum absolute atomic E-state index is 0.565. The summed E-state index contributed by atoms with van der Waals surface area (Å²) in [5, 5.41) is 4.28. The second-order valence-electron chi connectivity index (χ2n) is 9.01. The molecule has 1 aromatic rings. The molecule has 1 aromatic carbocycles. The molecule has 0 unspecified atom stereocenters. The molecular formula is C28H43ClN2. The van der Waals surface area contributed by atoms with E-state index >= 15 is 0 Å². The first kappa shape index (κ1) is 25.7. The molecule has 0 atom stereocenters. The third-order valence-corrected chi connectivity index (χ3v) is 7.05. The Balaban J connectivity index is 0.00000166. The Morgan fingerprint density at radius 3 is 2.32 bits per heavy atom. The van der Waals surface area contributed by atoms with E-state index in [4.69, 9.17) is 11.6 Å².